The molecule has 0 aromatic carbocycles. The minimum absolute atomic E-state index is 0.290. The summed E-state index contributed by atoms with van der Waals surface area (Å²) in [6, 6.07) is 0. The molecular formula is C13H20O. The SMILES string of the molecule is C=C(C)C1CCC(C)=C1CCC(C)=O. The van der Waals surface area contributed by atoms with E-state index in [2.05, 4.69) is 20.4 Å². The van der Waals surface area contributed by atoms with Gasteiger partial charge in [0, 0.05) is 12.3 Å². The molecule has 1 heteroatoms. The fourth-order valence-corrected chi connectivity index (χ4v) is 2.24. The van der Waals surface area contributed by atoms with E-state index >= 15 is 0 Å². The Morgan fingerprint density at radius 2 is 2.14 bits per heavy atom. The van der Waals surface area contributed by atoms with Gasteiger partial charge in [0.05, 0.1) is 0 Å². The summed E-state index contributed by atoms with van der Waals surface area (Å²) < 4.78 is 0. The van der Waals surface area contributed by atoms with Crippen LogP contribution in [0.15, 0.2) is 23.3 Å². The van der Waals surface area contributed by atoms with Crippen molar-refractivity contribution in [3.8, 4) is 0 Å². The van der Waals surface area contributed by atoms with Crippen molar-refractivity contribution < 1.29 is 4.79 Å². The molecule has 1 aliphatic rings. The molecule has 1 atom stereocenters. The maximum Gasteiger partial charge on any atom is 0.130 e. The number of carbonyl (C=O) groups excluding carboxylic acids is 1. The smallest absolute Gasteiger partial charge is 0.130 e. The van der Waals surface area contributed by atoms with Gasteiger partial charge in [-0.1, -0.05) is 23.3 Å². The van der Waals surface area contributed by atoms with Gasteiger partial charge >= 0.3 is 0 Å². The molecule has 0 saturated carbocycles. The van der Waals surface area contributed by atoms with Crippen LogP contribution in [0.1, 0.15) is 46.5 Å². The van der Waals surface area contributed by atoms with Crippen LogP contribution in [0.3, 0.4) is 0 Å². The summed E-state index contributed by atoms with van der Waals surface area (Å²) in [6.45, 7) is 9.98. The Labute approximate surface area is 86.9 Å². The summed E-state index contributed by atoms with van der Waals surface area (Å²) in [4.78, 5) is 10.9. The van der Waals surface area contributed by atoms with Crippen molar-refractivity contribution in [3.63, 3.8) is 0 Å². The predicted molar refractivity (Wildman–Crippen MR) is 60.2 cm³/mol. The van der Waals surface area contributed by atoms with Crippen LogP contribution in [-0.2, 0) is 4.79 Å². The Morgan fingerprint density at radius 1 is 1.50 bits per heavy atom. The average Bonchev–Trinajstić information content (AvgIpc) is 2.43. The molecule has 78 valence electrons. The highest BCUT2D eigenvalue weighted by Crippen LogP contribution is 2.38. The molecule has 0 heterocycles. The van der Waals surface area contributed by atoms with Crippen molar-refractivity contribution in [1.29, 1.82) is 0 Å². The second kappa shape index (κ2) is 4.59. The quantitative estimate of drug-likeness (QED) is 0.621. The molecule has 0 amide bonds. The highest BCUT2D eigenvalue weighted by atomic mass is 16.1. The Bertz CT molecular complexity index is 284. The maximum atomic E-state index is 10.9. The summed E-state index contributed by atoms with van der Waals surface area (Å²) in [6.07, 6.45) is 4.02. The fraction of sp³-hybridized carbons (Fsp3) is 0.615. The van der Waals surface area contributed by atoms with E-state index in [1.165, 1.54) is 29.6 Å². The van der Waals surface area contributed by atoms with Crippen molar-refractivity contribution in [3.05, 3.63) is 23.3 Å². The number of hydrogen-bond acceptors (Lipinski definition) is 1. The van der Waals surface area contributed by atoms with Gasteiger partial charge in [0.25, 0.3) is 0 Å². The van der Waals surface area contributed by atoms with E-state index < -0.39 is 0 Å². The number of allylic oxidation sites excluding steroid dienone is 3. The zero-order valence-electron chi connectivity index (χ0n) is 9.52. The number of Topliss-reactive ketones (excluding diaryl/α,β-unsaturated/α-hetero) is 1. The Balaban J connectivity index is 2.67. The Kier molecular flexibility index (Phi) is 3.68. The van der Waals surface area contributed by atoms with Gasteiger partial charge in [-0.25, -0.2) is 0 Å². The van der Waals surface area contributed by atoms with Gasteiger partial charge in [-0.2, -0.15) is 0 Å². The third kappa shape index (κ3) is 2.57. The first kappa shape index (κ1) is 11.2. The van der Waals surface area contributed by atoms with E-state index in [-0.39, 0.29) is 5.78 Å². The van der Waals surface area contributed by atoms with E-state index in [0.717, 1.165) is 6.42 Å². The van der Waals surface area contributed by atoms with E-state index in [1.807, 2.05) is 0 Å². The summed E-state index contributed by atoms with van der Waals surface area (Å²) in [5.41, 5.74) is 4.22. The van der Waals surface area contributed by atoms with E-state index in [9.17, 15) is 4.79 Å². The van der Waals surface area contributed by atoms with Crippen molar-refractivity contribution in [2.45, 2.75) is 46.5 Å². The largest absolute Gasteiger partial charge is 0.300 e. The summed E-state index contributed by atoms with van der Waals surface area (Å²) >= 11 is 0. The molecule has 0 aromatic heterocycles. The molecule has 0 aliphatic heterocycles. The number of ketones is 1. The van der Waals surface area contributed by atoms with Crippen molar-refractivity contribution in [2.24, 2.45) is 5.92 Å². The standard InChI is InChI=1S/C13H20O/c1-9(2)12-7-5-10(3)13(12)8-6-11(4)14/h12H,1,5-8H2,2-4H3. The zero-order valence-corrected chi connectivity index (χ0v) is 9.52. The van der Waals surface area contributed by atoms with Crippen LogP contribution in [0.2, 0.25) is 0 Å². The van der Waals surface area contributed by atoms with Gasteiger partial charge in [0.2, 0.25) is 0 Å². The third-order valence-corrected chi connectivity index (χ3v) is 3.12. The van der Waals surface area contributed by atoms with Crippen molar-refractivity contribution in [1.82, 2.24) is 0 Å². The Hall–Kier alpha value is -0.850. The van der Waals surface area contributed by atoms with Crippen molar-refractivity contribution >= 4 is 5.78 Å². The third-order valence-electron chi connectivity index (χ3n) is 3.12. The van der Waals surface area contributed by atoms with E-state index in [4.69, 9.17) is 0 Å². The topological polar surface area (TPSA) is 17.1 Å². The lowest BCUT2D eigenvalue weighted by molar-refractivity contribution is -0.116. The molecule has 1 aliphatic carbocycles. The van der Waals surface area contributed by atoms with Gasteiger partial charge < -0.3 is 4.79 Å². The highest BCUT2D eigenvalue weighted by Gasteiger charge is 2.23. The van der Waals surface area contributed by atoms with Crippen LogP contribution in [0.5, 0.6) is 0 Å². The van der Waals surface area contributed by atoms with Crippen LogP contribution < -0.4 is 0 Å². The lowest BCUT2D eigenvalue weighted by atomic mass is 9.90. The molecule has 0 N–H and O–H groups in total. The van der Waals surface area contributed by atoms with Crippen LogP contribution in [-0.4, -0.2) is 5.78 Å². The van der Waals surface area contributed by atoms with Gasteiger partial charge in [-0.05, 0) is 40.0 Å². The molecule has 1 rings (SSSR count). The highest BCUT2D eigenvalue weighted by molar-refractivity contribution is 5.75. The zero-order chi connectivity index (χ0) is 10.7. The van der Waals surface area contributed by atoms with Gasteiger partial charge in [0.15, 0.2) is 0 Å². The summed E-state index contributed by atoms with van der Waals surface area (Å²) in [5.74, 6) is 0.840. The second-order valence-corrected chi connectivity index (χ2v) is 4.45. The fourth-order valence-electron chi connectivity index (χ4n) is 2.24. The number of carbonyl (C=O) groups is 1. The molecule has 0 radical (unpaired) electrons. The van der Waals surface area contributed by atoms with Crippen LogP contribution in [0.4, 0.5) is 0 Å². The van der Waals surface area contributed by atoms with Crippen molar-refractivity contribution in [2.75, 3.05) is 0 Å². The van der Waals surface area contributed by atoms with E-state index in [1.54, 1.807) is 6.92 Å². The molecule has 14 heavy (non-hydrogen) atoms. The molecule has 0 aromatic rings. The first-order valence-corrected chi connectivity index (χ1v) is 5.35. The molecule has 0 bridgehead atoms. The maximum absolute atomic E-state index is 10.9. The predicted octanol–water partition coefficient (Wildman–Crippen LogP) is 3.66. The normalized spacial score (nSPS) is 21.5. The molecule has 0 spiro atoms. The van der Waals surface area contributed by atoms with Gasteiger partial charge in [-0.3, -0.25) is 0 Å². The van der Waals surface area contributed by atoms with Gasteiger partial charge in [0.1, 0.15) is 5.78 Å². The van der Waals surface area contributed by atoms with Crippen LogP contribution >= 0.6 is 0 Å². The summed E-state index contributed by atoms with van der Waals surface area (Å²) in [7, 11) is 0. The lowest BCUT2D eigenvalue weighted by Gasteiger charge is -2.14. The first-order valence-electron chi connectivity index (χ1n) is 5.35. The minimum atomic E-state index is 0.290. The molecular weight excluding hydrogens is 172 g/mol. The molecule has 0 fully saturated rings. The van der Waals surface area contributed by atoms with Crippen LogP contribution in [0.25, 0.3) is 0 Å². The molecule has 1 nitrogen and oxygen atoms in total. The lowest BCUT2D eigenvalue weighted by Crippen LogP contribution is -2.02. The monoisotopic (exact) mass is 192 g/mol. The number of hydrogen-bond donors (Lipinski definition) is 0. The molecule has 1 unspecified atom stereocenters. The summed E-state index contributed by atoms with van der Waals surface area (Å²) in [5, 5.41) is 0. The second-order valence-electron chi connectivity index (χ2n) is 4.45. The minimum Gasteiger partial charge on any atom is -0.300 e. The van der Waals surface area contributed by atoms with E-state index in [0.29, 0.717) is 12.3 Å². The molecule has 0 saturated heterocycles. The first-order chi connectivity index (χ1) is 6.52. The van der Waals surface area contributed by atoms with Gasteiger partial charge in [-0.15, -0.1) is 0 Å². The average molecular weight is 192 g/mol. The van der Waals surface area contributed by atoms with Crippen LogP contribution in [0, 0.1) is 5.92 Å². The number of rotatable bonds is 4. The Morgan fingerprint density at radius 3 is 2.64 bits per heavy atom.